The third kappa shape index (κ3) is 3.36. The van der Waals surface area contributed by atoms with Gasteiger partial charge in [0.15, 0.2) is 0 Å². The zero-order valence-corrected chi connectivity index (χ0v) is 11.2. The standard InChI is InChI=1S/C12H11Cl2NOS/c13-10-3-1-2-8(12(10)16)6-15-7-9-4-5-11(14)17-9/h1-5,15-16H,6-7H2. The van der Waals surface area contributed by atoms with Gasteiger partial charge >= 0.3 is 0 Å². The van der Waals surface area contributed by atoms with Crippen molar-refractivity contribution in [3.63, 3.8) is 0 Å². The Morgan fingerprint density at radius 1 is 1.12 bits per heavy atom. The van der Waals surface area contributed by atoms with E-state index in [0.29, 0.717) is 11.6 Å². The lowest BCUT2D eigenvalue weighted by Gasteiger charge is -2.06. The lowest BCUT2D eigenvalue weighted by molar-refractivity contribution is 0.465. The van der Waals surface area contributed by atoms with Crippen molar-refractivity contribution >= 4 is 34.5 Å². The average Bonchev–Trinajstić information content (AvgIpc) is 2.70. The molecule has 0 spiro atoms. The third-order valence-electron chi connectivity index (χ3n) is 2.31. The lowest BCUT2D eigenvalue weighted by atomic mass is 10.2. The second-order valence-corrected chi connectivity index (χ2v) is 5.76. The second-order valence-electron chi connectivity index (χ2n) is 3.56. The van der Waals surface area contributed by atoms with E-state index < -0.39 is 0 Å². The summed E-state index contributed by atoms with van der Waals surface area (Å²) < 4.78 is 0.785. The summed E-state index contributed by atoms with van der Waals surface area (Å²) in [4.78, 5) is 1.16. The van der Waals surface area contributed by atoms with Gasteiger partial charge in [0.2, 0.25) is 0 Å². The van der Waals surface area contributed by atoms with Crippen LogP contribution >= 0.6 is 34.5 Å². The molecule has 1 heterocycles. The van der Waals surface area contributed by atoms with E-state index in [0.717, 1.165) is 21.3 Å². The monoisotopic (exact) mass is 287 g/mol. The van der Waals surface area contributed by atoms with E-state index in [1.165, 1.54) is 0 Å². The van der Waals surface area contributed by atoms with Crippen LogP contribution in [0.4, 0.5) is 0 Å². The number of thiophene rings is 1. The number of nitrogens with one attached hydrogen (secondary N) is 1. The fourth-order valence-electron chi connectivity index (χ4n) is 1.47. The highest BCUT2D eigenvalue weighted by Crippen LogP contribution is 2.27. The predicted octanol–water partition coefficient (Wildman–Crippen LogP) is 4.05. The molecule has 0 aliphatic heterocycles. The Hall–Kier alpha value is -0.740. The number of rotatable bonds is 4. The number of benzene rings is 1. The summed E-state index contributed by atoms with van der Waals surface area (Å²) in [7, 11) is 0. The third-order valence-corrected chi connectivity index (χ3v) is 3.85. The normalized spacial score (nSPS) is 10.7. The molecule has 2 N–H and O–H groups in total. The molecule has 1 aromatic carbocycles. The fraction of sp³-hybridized carbons (Fsp3) is 0.167. The van der Waals surface area contributed by atoms with Crippen LogP contribution in [0.25, 0.3) is 0 Å². The van der Waals surface area contributed by atoms with Gasteiger partial charge in [0.25, 0.3) is 0 Å². The molecule has 0 atom stereocenters. The molecule has 2 rings (SSSR count). The summed E-state index contributed by atoms with van der Waals surface area (Å²) in [5.74, 6) is 0.144. The van der Waals surface area contributed by atoms with Gasteiger partial charge in [-0.05, 0) is 18.2 Å². The van der Waals surface area contributed by atoms with E-state index in [4.69, 9.17) is 23.2 Å². The Kier molecular flexibility index (Phi) is 4.29. The van der Waals surface area contributed by atoms with Crippen LogP contribution in [0.15, 0.2) is 30.3 Å². The summed E-state index contributed by atoms with van der Waals surface area (Å²) in [5, 5.41) is 13.3. The molecule has 0 aliphatic carbocycles. The molecule has 0 saturated heterocycles. The molecular weight excluding hydrogens is 277 g/mol. The summed E-state index contributed by atoms with van der Waals surface area (Å²) in [6.45, 7) is 1.30. The van der Waals surface area contributed by atoms with Crippen LogP contribution in [-0.2, 0) is 13.1 Å². The van der Waals surface area contributed by atoms with Gasteiger partial charge in [-0.25, -0.2) is 0 Å². The van der Waals surface area contributed by atoms with Crippen molar-refractivity contribution in [2.75, 3.05) is 0 Å². The summed E-state index contributed by atoms with van der Waals surface area (Å²) in [6.07, 6.45) is 0. The van der Waals surface area contributed by atoms with Crippen LogP contribution < -0.4 is 5.32 Å². The molecule has 0 fully saturated rings. The van der Waals surface area contributed by atoms with Crippen LogP contribution in [0, 0.1) is 0 Å². The number of hydrogen-bond donors (Lipinski definition) is 2. The number of para-hydroxylation sites is 1. The van der Waals surface area contributed by atoms with Crippen LogP contribution in [-0.4, -0.2) is 5.11 Å². The van der Waals surface area contributed by atoms with Crippen LogP contribution in [0.1, 0.15) is 10.4 Å². The number of halogens is 2. The number of phenols is 1. The van der Waals surface area contributed by atoms with Crippen molar-refractivity contribution in [1.82, 2.24) is 5.32 Å². The highest BCUT2D eigenvalue weighted by Gasteiger charge is 2.04. The van der Waals surface area contributed by atoms with E-state index in [9.17, 15) is 5.11 Å². The van der Waals surface area contributed by atoms with Gasteiger partial charge in [-0.3, -0.25) is 0 Å². The van der Waals surface area contributed by atoms with Gasteiger partial charge < -0.3 is 10.4 Å². The van der Waals surface area contributed by atoms with Crippen molar-refractivity contribution in [3.05, 3.63) is 50.1 Å². The molecule has 1 aromatic heterocycles. The van der Waals surface area contributed by atoms with Gasteiger partial charge in [-0.1, -0.05) is 35.3 Å². The van der Waals surface area contributed by atoms with E-state index in [2.05, 4.69) is 5.32 Å². The molecule has 2 nitrogen and oxygen atoms in total. The Labute approximate surface area is 114 Å². The quantitative estimate of drug-likeness (QED) is 0.889. The molecule has 0 radical (unpaired) electrons. The minimum absolute atomic E-state index is 0.144. The molecule has 17 heavy (non-hydrogen) atoms. The Balaban J connectivity index is 1.92. The molecule has 0 bridgehead atoms. The Morgan fingerprint density at radius 3 is 2.65 bits per heavy atom. The zero-order valence-electron chi connectivity index (χ0n) is 8.91. The summed E-state index contributed by atoms with van der Waals surface area (Å²) in [5.41, 5.74) is 0.792. The topological polar surface area (TPSA) is 32.3 Å². The maximum Gasteiger partial charge on any atom is 0.138 e. The SMILES string of the molecule is Oc1c(Cl)cccc1CNCc1ccc(Cl)s1. The van der Waals surface area contributed by atoms with E-state index in [-0.39, 0.29) is 5.75 Å². The van der Waals surface area contributed by atoms with Crippen LogP contribution in [0.2, 0.25) is 9.36 Å². The molecular formula is C12H11Cl2NOS. The maximum absolute atomic E-state index is 9.71. The van der Waals surface area contributed by atoms with E-state index in [1.807, 2.05) is 24.3 Å². The second kappa shape index (κ2) is 5.74. The zero-order chi connectivity index (χ0) is 12.3. The van der Waals surface area contributed by atoms with Crippen LogP contribution in [0.3, 0.4) is 0 Å². The van der Waals surface area contributed by atoms with E-state index in [1.54, 1.807) is 17.4 Å². The minimum Gasteiger partial charge on any atom is -0.506 e. The lowest BCUT2D eigenvalue weighted by Crippen LogP contribution is -2.11. The van der Waals surface area contributed by atoms with Gasteiger partial charge in [0.05, 0.1) is 9.36 Å². The maximum atomic E-state index is 9.71. The molecule has 90 valence electrons. The number of hydrogen-bond acceptors (Lipinski definition) is 3. The van der Waals surface area contributed by atoms with Gasteiger partial charge in [0.1, 0.15) is 5.75 Å². The van der Waals surface area contributed by atoms with E-state index >= 15 is 0 Å². The largest absolute Gasteiger partial charge is 0.506 e. The first-order valence-corrected chi connectivity index (χ1v) is 6.65. The fourth-order valence-corrected chi connectivity index (χ4v) is 2.72. The molecule has 0 unspecified atom stereocenters. The first-order valence-electron chi connectivity index (χ1n) is 5.08. The Morgan fingerprint density at radius 2 is 1.94 bits per heavy atom. The first-order chi connectivity index (χ1) is 8.16. The molecule has 0 amide bonds. The summed E-state index contributed by atoms with van der Waals surface area (Å²) in [6, 6.07) is 9.19. The van der Waals surface area contributed by atoms with Crippen molar-refractivity contribution in [3.8, 4) is 5.75 Å². The molecule has 0 saturated carbocycles. The Bertz CT molecular complexity index is 513. The van der Waals surface area contributed by atoms with Gasteiger partial charge in [-0.2, -0.15) is 0 Å². The predicted molar refractivity (Wildman–Crippen MR) is 73.0 cm³/mol. The van der Waals surface area contributed by atoms with Gasteiger partial charge in [-0.15, -0.1) is 11.3 Å². The van der Waals surface area contributed by atoms with Crippen molar-refractivity contribution in [2.24, 2.45) is 0 Å². The first kappa shape index (κ1) is 12.7. The minimum atomic E-state index is 0.144. The van der Waals surface area contributed by atoms with Crippen LogP contribution in [0.5, 0.6) is 5.75 Å². The molecule has 5 heteroatoms. The number of aromatic hydroxyl groups is 1. The van der Waals surface area contributed by atoms with Crippen molar-refractivity contribution < 1.29 is 5.11 Å². The van der Waals surface area contributed by atoms with Gasteiger partial charge in [0, 0.05) is 23.5 Å². The summed E-state index contributed by atoms with van der Waals surface area (Å²) >= 11 is 13.2. The molecule has 2 aromatic rings. The van der Waals surface area contributed by atoms with Crippen molar-refractivity contribution in [1.29, 1.82) is 0 Å². The highest BCUT2D eigenvalue weighted by atomic mass is 35.5. The molecule has 0 aliphatic rings. The van der Waals surface area contributed by atoms with Crippen molar-refractivity contribution in [2.45, 2.75) is 13.1 Å². The average molecular weight is 288 g/mol. The smallest absolute Gasteiger partial charge is 0.138 e. The number of phenolic OH excluding ortho intramolecular Hbond substituents is 1. The highest BCUT2D eigenvalue weighted by molar-refractivity contribution is 7.16.